The highest BCUT2D eigenvalue weighted by Gasteiger charge is 2.34. The minimum Gasteiger partial charge on any atom is -0.304 e. The van der Waals surface area contributed by atoms with E-state index in [4.69, 9.17) is 20.6 Å². The molecule has 1 aromatic carbocycles. The summed E-state index contributed by atoms with van der Waals surface area (Å²) in [7, 11) is -3.65. The highest BCUT2D eigenvalue weighted by Crippen LogP contribution is 2.48. The van der Waals surface area contributed by atoms with Crippen LogP contribution in [0.3, 0.4) is 0 Å². The standard InChI is InChI=1S/C16H18ClN4O3P/c1-4-23-25(22,24-5-2)16-15(12-6-8-13(17)9-7-12)21-14(18-19-16)10-11(3)20-21/h6-10H,4-5H2,1-3H3. The van der Waals surface area contributed by atoms with Crippen LogP contribution in [0.15, 0.2) is 30.3 Å². The first-order valence-corrected chi connectivity index (χ1v) is 9.79. The molecule has 0 aliphatic rings. The minimum absolute atomic E-state index is 0.133. The maximum absolute atomic E-state index is 13.3. The Bertz CT molecular complexity index is 932. The number of halogens is 1. The summed E-state index contributed by atoms with van der Waals surface area (Å²) in [6.45, 7) is 5.78. The number of aryl methyl sites for hydroxylation is 1. The van der Waals surface area contributed by atoms with E-state index in [1.807, 2.05) is 19.1 Å². The quantitative estimate of drug-likeness (QED) is 0.607. The molecular weight excluding hydrogens is 363 g/mol. The van der Waals surface area contributed by atoms with Crippen molar-refractivity contribution in [1.82, 2.24) is 19.8 Å². The van der Waals surface area contributed by atoms with Crippen LogP contribution in [0.2, 0.25) is 5.02 Å². The largest absolute Gasteiger partial charge is 0.383 e. The van der Waals surface area contributed by atoms with Gasteiger partial charge in [0.05, 0.1) is 18.9 Å². The Morgan fingerprint density at radius 3 is 2.36 bits per heavy atom. The molecule has 0 amide bonds. The Kier molecular flexibility index (Phi) is 5.20. The van der Waals surface area contributed by atoms with E-state index in [0.717, 1.165) is 11.3 Å². The summed E-state index contributed by atoms with van der Waals surface area (Å²) in [5.41, 5.74) is 2.70. The average Bonchev–Trinajstić information content (AvgIpc) is 2.95. The predicted octanol–water partition coefficient (Wildman–Crippen LogP) is 3.64. The molecule has 3 rings (SSSR count). The Balaban J connectivity index is 2.33. The number of hydrogen-bond donors (Lipinski definition) is 0. The normalized spacial score (nSPS) is 12.0. The number of fused-ring (bicyclic) bond motifs is 1. The molecule has 0 bridgehead atoms. The summed E-state index contributed by atoms with van der Waals surface area (Å²) in [5, 5.41) is 13.4. The van der Waals surface area contributed by atoms with E-state index in [0.29, 0.717) is 16.4 Å². The van der Waals surface area contributed by atoms with Gasteiger partial charge in [-0.25, -0.2) is 4.52 Å². The third kappa shape index (κ3) is 3.46. The highest BCUT2D eigenvalue weighted by molar-refractivity contribution is 7.62. The van der Waals surface area contributed by atoms with Gasteiger partial charge in [-0.1, -0.05) is 23.7 Å². The summed E-state index contributed by atoms with van der Waals surface area (Å²) >= 11 is 6.00. The molecule has 7 nitrogen and oxygen atoms in total. The zero-order valence-electron chi connectivity index (χ0n) is 14.1. The molecule has 0 radical (unpaired) electrons. The molecule has 0 N–H and O–H groups in total. The van der Waals surface area contributed by atoms with Gasteiger partial charge in [-0.05, 0) is 32.9 Å². The summed E-state index contributed by atoms with van der Waals surface area (Å²) in [6, 6.07) is 8.90. The van der Waals surface area contributed by atoms with Gasteiger partial charge in [0.1, 0.15) is 5.69 Å². The lowest BCUT2D eigenvalue weighted by Crippen LogP contribution is -2.22. The zero-order valence-corrected chi connectivity index (χ0v) is 15.8. The van der Waals surface area contributed by atoms with E-state index >= 15 is 0 Å². The van der Waals surface area contributed by atoms with Gasteiger partial charge in [-0.15, -0.1) is 10.2 Å². The lowest BCUT2D eigenvalue weighted by molar-refractivity contribution is 0.229. The fourth-order valence-electron chi connectivity index (χ4n) is 2.51. The molecule has 2 heterocycles. The molecule has 0 spiro atoms. The molecule has 2 aromatic heterocycles. The molecular formula is C16H18ClN4O3P. The fourth-order valence-corrected chi connectivity index (χ4v) is 4.27. The number of aromatic nitrogens is 4. The molecule has 132 valence electrons. The number of nitrogens with zero attached hydrogens (tertiary/aromatic N) is 4. The topological polar surface area (TPSA) is 78.6 Å². The van der Waals surface area contributed by atoms with Crippen molar-refractivity contribution in [2.45, 2.75) is 20.8 Å². The average molecular weight is 381 g/mol. The second kappa shape index (κ2) is 7.22. The Morgan fingerprint density at radius 1 is 1.12 bits per heavy atom. The van der Waals surface area contributed by atoms with Crippen molar-refractivity contribution in [1.29, 1.82) is 0 Å². The molecule has 0 atom stereocenters. The number of rotatable bonds is 6. The van der Waals surface area contributed by atoms with Gasteiger partial charge < -0.3 is 9.05 Å². The maximum Gasteiger partial charge on any atom is 0.383 e. The molecule has 0 saturated carbocycles. The number of benzene rings is 1. The zero-order chi connectivity index (χ0) is 18.0. The first-order chi connectivity index (χ1) is 12.0. The summed E-state index contributed by atoms with van der Waals surface area (Å²) in [4.78, 5) is 0. The van der Waals surface area contributed by atoms with E-state index in [2.05, 4.69) is 15.3 Å². The molecule has 0 unspecified atom stereocenters. The smallest absolute Gasteiger partial charge is 0.304 e. The lowest BCUT2D eigenvalue weighted by Gasteiger charge is -2.19. The van der Waals surface area contributed by atoms with Crippen molar-refractivity contribution in [2.75, 3.05) is 13.2 Å². The van der Waals surface area contributed by atoms with Crippen molar-refractivity contribution < 1.29 is 13.6 Å². The monoisotopic (exact) mass is 380 g/mol. The van der Waals surface area contributed by atoms with Gasteiger partial charge in [0, 0.05) is 16.7 Å². The minimum atomic E-state index is -3.65. The van der Waals surface area contributed by atoms with Crippen molar-refractivity contribution >= 4 is 30.3 Å². The van der Waals surface area contributed by atoms with Crippen LogP contribution < -0.4 is 5.44 Å². The van der Waals surface area contributed by atoms with Crippen LogP contribution in [0.1, 0.15) is 19.5 Å². The molecule has 25 heavy (non-hydrogen) atoms. The van der Waals surface area contributed by atoms with Gasteiger partial charge in [-0.3, -0.25) is 4.57 Å². The summed E-state index contributed by atoms with van der Waals surface area (Å²) in [5.74, 6) is 0. The van der Waals surface area contributed by atoms with Gasteiger partial charge in [0.2, 0.25) is 5.44 Å². The number of hydrogen-bond acceptors (Lipinski definition) is 6. The van der Waals surface area contributed by atoms with E-state index in [1.54, 1.807) is 36.6 Å². The SMILES string of the molecule is CCOP(=O)(OCC)c1nnc2cc(C)nn2c1-c1ccc(Cl)cc1. The third-order valence-corrected chi connectivity index (χ3v) is 5.73. The van der Waals surface area contributed by atoms with E-state index in [9.17, 15) is 4.57 Å². The molecule has 9 heteroatoms. The molecule has 0 aliphatic carbocycles. The molecule has 3 aromatic rings. The second-order valence-electron chi connectivity index (χ2n) is 5.27. The van der Waals surface area contributed by atoms with Crippen LogP contribution in [0, 0.1) is 6.92 Å². The van der Waals surface area contributed by atoms with Crippen LogP contribution in [0.25, 0.3) is 16.9 Å². The van der Waals surface area contributed by atoms with Crippen molar-refractivity contribution in [3.63, 3.8) is 0 Å². The maximum atomic E-state index is 13.3. The first kappa shape index (κ1) is 18.0. The van der Waals surface area contributed by atoms with Crippen LogP contribution in [-0.4, -0.2) is 33.0 Å². The highest BCUT2D eigenvalue weighted by atomic mass is 35.5. The third-order valence-electron chi connectivity index (χ3n) is 3.46. The van der Waals surface area contributed by atoms with Gasteiger partial charge >= 0.3 is 7.60 Å². The first-order valence-electron chi connectivity index (χ1n) is 7.87. The van der Waals surface area contributed by atoms with Crippen LogP contribution in [0.5, 0.6) is 0 Å². The van der Waals surface area contributed by atoms with Crippen molar-refractivity contribution in [3.05, 3.63) is 41.0 Å². The molecule has 0 aliphatic heterocycles. The lowest BCUT2D eigenvalue weighted by atomic mass is 10.2. The Morgan fingerprint density at radius 2 is 1.76 bits per heavy atom. The summed E-state index contributed by atoms with van der Waals surface area (Å²) in [6.07, 6.45) is 0. The Hall–Kier alpha value is -1.79. The van der Waals surface area contributed by atoms with Gasteiger partial charge in [-0.2, -0.15) is 5.10 Å². The van der Waals surface area contributed by atoms with E-state index in [-0.39, 0.29) is 18.6 Å². The van der Waals surface area contributed by atoms with Gasteiger partial charge in [0.15, 0.2) is 5.65 Å². The fraction of sp³-hybridized carbons (Fsp3) is 0.312. The second-order valence-corrected chi connectivity index (χ2v) is 7.64. The van der Waals surface area contributed by atoms with Gasteiger partial charge in [0.25, 0.3) is 0 Å². The summed E-state index contributed by atoms with van der Waals surface area (Å²) < 4.78 is 25.8. The Labute approximate surface area is 150 Å². The van der Waals surface area contributed by atoms with Crippen molar-refractivity contribution in [3.8, 4) is 11.3 Å². The van der Waals surface area contributed by atoms with E-state index < -0.39 is 7.60 Å². The molecule has 0 saturated heterocycles. The van der Waals surface area contributed by atoms with Crippen LogP contribution >= 0.6 is 19.2 Å². The molecule has 0 fully saturated rings. The van der Waals surface area contributed by atoms with Crippen molar-refractivity contribution in [2.24, 2.45) is 0 Å². The van der Waals surface area contributed by atoms with Crippen LogP contribution in [0.4, 0.5) is 0 Å². The van der Waals surface area contributed by atoms with E-state index in [1.165, 1.54) is 0 Å². The predicted molar refractivity (Wildman–Crippen MR) is 96.5 cm³/mol. The van der Waals surface area contributed by atoms with Crippen LogP contribution in [-0.2, 0) is 13.6 Å².